The van der Waals surface area contributed by atoms with Crippen molar-refractivity contribution < 1.29 is 4.74 Å². The summed E-state index contributed by atoms with van der Waals surface area (Å²) in [4.78, 5) is 10.8. The third kappa shape index (κ3) is 8.80. The molecule has 0 aliphatic heterocycles. The minimum absolute atomic E-state index is 0.145. The SMILES string of the molecule is COc1c(C)cc(C)cc1-c1nc2c(-c3cc(-c4cc(-c5ccc(-c6ccccc6)cc5)ccn4)cc(C(C)(C)C)c3)cccc2n1-c1cc(-c2ccccc2)c(C(C)(C)C)cc1-c1ccccc1. The lowest BCUT2D eigenvalue weighted by Crippen LogP contribution is -2.14. The van der Waals surface area contributed by atoms with Crippen molar-refractivity contribution in [2.24, 2.45) is 0 Å². The van der Waals surface area contributed by atoms with E-state index in [4.69, 9.17) is 14.7 Å². The van der Waals surface area contributed by atoms with Crippen LogP contribution in [0.25, 0.3) is 95.0 Å². The standard InChI is InChI=1S/C65H59N3O/c1-42-34-43(2)62(69-9)56(35-42)63-67-61-53(26-19-27-59(61)68(63)60-41-54(47-22-15-11-16-23-47)57(65(6,7)8)40-55(60)48-24-17-12-18-25-48)50-36-51(38-52(37-50)64(3,4)5)58-39-49(32-33-66-58)46-30-28-45(29-31-46)44-20-13-10-14-21-44/h10-41H,1-9H3. The highest BCUT2D eigenvalue weighted by atomic mass is 16.5. The molecule has 340 valence electrons. The summed E-state index contributed by atoms with van der Waals surface area (Å²) in [6, 6.07) is 68.1. The molecule has 4 heteroatoms. The molecule has 0 N–H and O–H groups in total. The number of fused-ring (bicyclic) bond motifs is 1. The largest absolute Gasteiger partial charge is 0.496 e. The van der Waals surface area contributed by atoms with E-state index in [-0.39, 0.29) is 10.8 Å². The van der Waals surface area contributed by atoms with Crippen molar-refractivity contribution in [2.75, 3.05) is 7.11 Å². The zero-order valence-electron chi connectivity index (χ0n) is 41.2. The molecule has 2 aromatic heterocycles. The molecule has 10 rings (SSSR count). The quantitative estimate of drug-likeness (QED) is 0.145. The molecule has 0 unspecified atom stereocenters. The monoisotopic (exact) mass is 897 g/mol. The lowest BCUT2D eigenvalue weighted by molar-refractivity contribution is 0.413. The van der Waals surface area contributed by atoms with Crippen LogP contribution in [0.15, 0.2) is 194 Å². The van der Waals surface area contributed by atoms with Gasteiger partial charge in [-0.3, -0.25) is 9.55 Å². The van der Waals surface area contributed by atoms with Gasteiger partial charge in [-0.25, -0.2) is 4.98 Å². The second-order valence-electron chi connectivity index (χ2n) is 20.4. The van der Waals surface area contributed by atoms with Crippen LogP contribution in [-0.2, 0) is 10.8 Å². The molecule has 0 saturated carbocycles. The number of hydrogen-bond donors (Lipinski definition) is 0. The van der Waals surface area contributed by atoms with Crippen molar-refractivity contribution in [2.45, 2.75) is 66.2 Å². The smallest absolute Gasteiger partial charge is 0.149 e. The summed E-state index contributed by atoms with van der Waals surface area (Å²) in [6.07, 6.45) is 1.93. The van der Waals surface area contributed by atoms with Crippen LogP contribution in [0.2, 0.25) is 0 Å². The Bertz CT molecular complexity index is 3480. The number of imidazole rings is 1. The summed E-state index contributed by atoms with van der Waals surface area (Å²) in [7, 11) is 1.77. The highest BCUT2D eigenvalue weighted by molar-refractivity contribution is 5.98. The Morgan fingerprint density at radius 3 is 1.67 bits per heavy atom. The first kappa shape index (κ1) is 45.0. The summed E-state index contributed by atoms with van der Waals surface area (Å²) in [6.45, 7) is 18.0. The van der Waals surface area contributed by atoms with Gasteiger partial charge in [0.05, 0.1) is 35.1 Å². The average molecular weight is 898 g/mol. The van der Waals surface area contributed by atoms with Gasteiger partial charge in [0.1, 0.15) is 11.6 Å². The number of nitrogens with zero attached hydrogens (tertiary/aromatic N) is 3. The molecule has 4 nitrogen and oxygen atoms in total. The molecule has 0 saturated heterocycles. The van der Waals surface area contributed by atoms with E-state index < -0.39 is 0 Å². The summed E-state index contributed by atoms with van der Waals surface area (Å²) >= 11 is 0. The predicted molar refractivity (Wildman–Crippen MR) is 290 cm³/mol. The summed E-state index contributed by atoms with van der Waals surface area (Å²) in [5.74, 6) is 1.63. The number of aromatic nitrogens is 3. The van der Waals surface area contributed by atoms with E-state index in [2.05, 4.69) is 248 Å². The van der Waals surface area contributed by atoms with Crippen LogP contribution in [0.3, 0.4) is 0 Å². The maximum atomic E-state index is 6.28. The first-order valence-electron chi connectivity index (χ1n) is 24.0. The van der Waals surface area contributed by atoms with Crippen LogP contribution < -0.4 is 4.74 Å². The number of para-hydroxylation sites is 1. The Hall–Kier alpha value is -7.82. The highest BCUT2D eigenvalue weighted by Gasteiger charge is 2.28. The molecule has 69 heavy (non-hydrogen) atoms. The molecule has 8 aromatic carbocycles. The maximum Gasteiger partial charge on any atom is 0.149 e. The van der Waals surface area contributed by atoms with E-state index in [9.17, 15) is 0 Å². The third-order valence-corrected chi connectivity index (χ3v) is 13.4. The molecule has 0 radical (unpaired) electrons. The van der Waals surface area contributed by atoms with E-state index in [1.807, 2.05) is 6.20 Å². The Morgan fingerprint density at radius 1 is 0.449 bits per heavy atom. The zero-order valence-corrected chi connectivity index (χ0v) is 41.2. The molecule has 10 aromatic rings. The van der Waals surface area contributed by atoms with Crippen molar-refractivity contribution in [1.82, 2.24) is 14.5 Å². The highest BCUT2D eigenvalue weighted by Crippen LogP contribution is 2.46. The lowest BCUT2D eigenvalue weighted by atomic mass is 9.79. The van der Waals surface area contributed by atoms with Gasteiger partial charge in [0.25, 0.3) is 0 Å². The Balaban J connectivity index is 1.23. The van der Waals surface area contributed by atoms with Gasteiger partial charge in [-0.05, 0) is 140 Å². The first-order chi connectivity index (χ1) is 33.2. The second kappa shape index (κ2) is 18.0. The minimum atomic E-state index is -0.145. The molecule has 0 bridgehead atoms. The maximum absolute atomic E-state index is 6.28. The molecule has 2 heterocycles. The summed E-state index contributed by atoms with van der Waals surface area (Å²) in [5, 5.41) is 0. The van der Waals surface area contributed by atoms with E-state index in [1.54, 1.807) is 7.11 Å². The van der Waals surface area contributed by atoms with E-state index in [0.29, 0.717) is 0 Å². The molecule has 0 spiro atoms. The van der Waals surface area contributed by atoms with Crippen molar-refractivity contribution in [3.8, 4) is 89.7 Å². The molecule has 0 amide bonds. The third-order valence-electron chi connectivity index (χ3n) is 13.4. The fourth-order valence-electron chi connectivity index (χ4n) is 9.87. The van der Waals surface area contributed by atoms with Crippen molar-refractivity contribution in [3.63, 3.8) is 0 Å². The fraction of sp³-hybridized carbons (Fsp3) is 0.169. The molecular weight excluding hydrogens is 839 g/mol. The van der Waals surface area contributed by atoms with Crippen LogP contribution in [0.5, 0.6) is 5.75 Å². The number of methoxy groups -OCH3 is 1. The van der Waals surface area contributed by atoms with Gasteiger partial charge in [-0.2, -0.15) is 0 Å². The van der Waals surface area contributed by atoms with Crippen LogP contribution in [0.4, 0.5) is 0 Å². The van der Waals surface area contributed by atoms with E-state index in [0.717, 1.165) is 89.6 Å². The first-order valence-corrected chi connectivity index (χ1v) is 24.0. The number of rotatable bonds is 9. The number of benzene rings is 8. The van der Waals surface area contributed by atoms with Crippen LogP contribution in [-0.4, -0.2) is 21.6 Å². The van der Waals surface area contributed by atoms with Gasteiger partial charge in [0, 0.05) is 22.9 Å². The van der Waals surface area contributed by atoms with Gasteiger partial charge in [0.15, 0.2) is 0 Å². The summed E-state index contributed by atoms with van der Waals surface area (Å²) in [5.41, 5.74) is 21.7. The average Bonchev–Trinajstić information content (AvgIpc) is 3.76. The summed E-state index contributed by atoms with van der Waals surface area (Å²) < 4.78 is 8.67. The van der Waals surface area contributed by atoms with Crippen molar-refractivity contribution >= 4 is 11.0 Å². The van der Waals surface area contributed by atoms with E-state index in [1.165, 1.54) is 33.4 Å². The predicted octanol–water partition coefficient (Wildman–Crippen LogP) is 17.3. The van der Waals surface area contributed by atoms with Crippen LogP contribution in [0.1, 0.15) is 63.8 Å². The number of ether oxygens (including phenoxy) is 1. The Morgan fingerprint density at radius 2 is 1.04 bits per heavy atom. The molecule has 0 aliphatic carbocycles. The lowest BCUT2D eigenvalue weighted by Gasteiger charge is -2.27. The second-order valence-corrected chi connectivity index (χ2v) is 20.4. The van der Waals surface area contributed by atoms with Gasteiger partial charge in [0.2, 0.25) is 0 Å². The van der Waals surface area contributed by atoms with Gasteiger partial charge < -0.3 is 4.74 Å². The number of hydrogen-bond acceptors (Lipinski definition) is 3. The number of aryl methyl sites for hydroxylation is 2. The Labute approximate surface area is 408 Å². The van der Waals surface area contributed by atoms with Crippen LogP contribution in [0, 0.1) is 13.8 Å². The zero-order chi connectivity index (χ0) is 48.0. The van der Waals surface area contributed by atoms with Gasteiger partial charge >= 0.3 is 0 Å². The van der Waals surface area contributed by atoms with Gasteiger partial charge in [-0.1, -0.05) is 181 Å². The normalized spacial score (nSPS) is 11.8. The molecule has 0 aliphatic rings. The molecular formula is C65H59N3O. The molecule has 0 atom stereocenters. The fourth-order valence-corrected chi connectivity index (χ4v) is 9.87. The Kier molecular flexibility index (Phi) is 11.7. The minimum Gasteiger partial charge on any atom is -0.496 e. The van der Waals surface area contributed by atoms with E-state index >= 15 is 0 Å². The van der Waals surface area contributed by atoms with Crippen LogP contribution >= 0.6 is 0 Å². The van der Waals surface area contributed by atoms with Gasteiger partial charge in [-0.15, -0.1) is 0 Å². The number of pyridine rings is 1. The van der Waals surface area contributed by atoms with Crippen molar-refractivity contribution in [3.05, 3.63) is 217 Å². The van der Waals surface area contributed by atoms with Crippen molar-refractivity contribution in [1.29, 1.82) is 0 Å². The molecule has 0 fully saturated rings. The topological polar surface area (TPSA) is 39.9 Å².